The van der Waals surface area contributed by atoms with Crippen molar-refractivity contribution in [1.29, 1.82) is 0 Å². The van der Waals surface area contributed by atoms with Crippen LogP contribution in [0.15, 0.2) is 41.8 Å². The van der Waals surface area contributed by atoms with Crippen molar-refractivity contribution < 1.29 is 14.7 Å². The predicted molar refractivity (Wildman–Crippen MR) is 91.2 cm³/mol. The van der Waals surface area contributed by atoms with E-state index in [-0.39, 0.29) is 29.2 Å². The molecule has 118 valence electrons. The summed E-state index contributed by atoms with van der Waals surface area (Å²) < 4.78 is 1.74. The second-order valence-corrected chi connectivity index (χ2v) is 6.00. The minimum absolute atomic E-state index is 0. The van der Waals surface area contributed by atoms with Gasteiger partial charge in [0.05, 0.1) is 11.7 Å². The van der Waals surface area contributed by atoms with E-state index >= 15 is 0 Å². The molecule has 0 saturated heterocycles. The molecule has 0 amide bonds. The first-order valence-electron chi connectivity index (χ1n) is 6.13. The van der Waals surface area contributed by atoms with E-state index in [1.807, 2.05) is 0 Å². The number of carbonyl (C=O) groups excluding carboxylic acids is 1. The molecule has 0 spiro atoms. The molecule has 0 aliphatic rings. The van der Waals surface area contributed by atoms with Gasteiger partial charge in [-0.05, 0) is 24.3 Å². The van der Waals surface area contributed by atoms with Crippen LogP contribution in [-0.4, -0.2) is 31.7 Å². The van der Waals surface area contributed by atoms with Gasteiger partial charge >= 0.3 is 5.97 Å². The van der Waals surface area contributed by atoms with Crippen LogP contribution in [0.2, 0.25) is 5.02 Å². The van der Waals surface area contributed by atoms with E-state index in [1.165, 1.54) is 0 Å². The second kappa shape index (κ2) is 8.36. The van der Waals surface area contributed by atoms with Gasteiger partial charge in [-0.25, -0.2) is 4.98 Å². The highest BCUT2D eigenvalue weighted by molar-refractivity contribution is 8.93. The maximum absolute atomic E-state index is 12.5. The Morgan fingerprint density at radius 2 is 2.00 bits per heavy atom. The first-order valence-corrected chi connectivity index (χ1v) is 7.38. The summed E-state index contributed by atoms with van der Waals surface area (Å²) in [6.07, 6.45) is 3.08. The first-order chi connectivity index (χ1) is 9.97. The number of nitrogens with zero attached hydrogens (tertiary/aromatic N) is 2. The largest absolute Gasteiger partial charge is 0.481 e. The molecule has 0 saturated carbocycles. The normalized spacial score (nSPS) is 11.5. The summed E-state index contributed by atoms with van der Waals surface area (Å²) in [5.41, 5.74) is 0.437. The molecular formula is C14H14BrClN2O3S. The van der Waals surface area contributed by atoms with Gasteiger partial charge < -0.3 is 9.67 Å². The van der Waals surface area contributed by atoms with Gasteiger partial charge in [0.25, 0.3) is 0 Å². The van der Waals surface area contributed by atoms with E-state index in [0.717, 1.165) is 11.8 Å². The zero-order valence-electron chi connectivity index (χ0n) is 11.6. The minimum atomic E-state index is -1.02. The topological polar surface area (TPSA) is 72.2 Å². The van der Waals surface area contributed by atoms with Crippen LogP contribution in [0, 0.1) is 0 Å². The monoisotopic (exact) mass is 404 g/mol. The van der Waals surface area contributed by atoms with Crippen LogP contribution in [0.4, 0.5) is 0 Å². The number of benzene rings is 1. The zero-order chi connectivity index (χ0) is 15.4. The Morgan fingerprint density at radius 3 is 2.50 bits per heavy atom. The highest BCUT2D eigenvalue weighted by atomic mass is 79.9. The fraction of sp³-hybridized carbons (Fsp3) is 0.214. The molecule has 1 aromatic heterocycles. The standard InChI is InChI=1S/C14H13ClN2O3S.BrH/c1-17-7-6-16-14(17)21-11(8-12(18)19)13(20)9-2-4-10(15)5-3-9;/h2-7,11H,8H2,1H3,(H,18,19);1H. The second-order valence-electron chi connectivity index (χ2n) is 4.40. The molecule has 1 heterocycles. The van der Waals surface area contributed by atoms with Gasteiger partial charge in [-0.1, -0.05) is 23.4 Å². The fourth-order valence-corrected chi connectivity index (χ4v) is 2.94. The molecule has 0 radical (unpaired) electrons. The molecule has 1 N–H and O–H groups in total. The van der Waals surface area contributed by atoms with Crippen LogP contribution >= 0.6 is 40.3 Å². The molecule has 5 nitrogen and oxygen atoms in total. The van der Waals surface area contributed by atoms with Crippen molar-refractivity contribution in [1.82, 2.24) is 9.55 Å². The summed E-state index contributed by atoms with van der Waals surface area (Å²) in [4.78, 5) is 27.6. The highest BCUT2D eigenvalue weighted by Crippen LogP contribution is 2.27. The number of halogens is 2. The van der Waals surface area contributed by atoms with Crippen LogP contribution in [0.3, 0.4) is 0 Å². The third-order valence-electron chi connectivity index (χ3n) is 2.81. The number of Topliss-reactive ketones (excluding diaryl/α,β-unsaturated/α-hetero) is 1. The summed E-state index contributed by atoms with van der Waals surface area (Å²) in [5.74, 6) is -1.27. The lowest BCUT2D eigenvalue weighted by Crippen LogP contribution is -2.21. The highest BCUT2D eigenvalue weighted by Gasteiger charge is 2.25. The van der Waals surface area contributed by atoms with E-state index in [2.05, 4.69) is 4.98 Å². The average molecular weight is 406 g/mol. The number of hydrogen-bond donors (Lipinski definition) is 1. The van der Waals surface area contributed by atoms with Crippen molar-refractivity contribution in [3.8, 4) is 0 Å². The van der Waals surface area contributed by atoms with Gasteiger partial charge in [-0.3, -0.25) is 9.59 Å². The van der Waals surface area contributed by atoms with E-state index in [9.17, 15) is 9.59 Å². The van der Waals surface area contributed by atoms with Crippen molar-refractivity contribution >= 4 is 52.1 Å². The Morgan fingerprint density at radius 1 is 1.36 bits per heavy atom. The SMILES string of the molecule is Br.Cn1ccnc1SC(CC(=O)O)C(=O)c1ccc(Cl)cc1. The average Bonchev–Trinajstić information content (AvgIpc) is 2.83. The number of carboxylic acid groups (broad SMARTS) is 1. The van der Waals surface area contributed by atoms with E-state index in [1.54, 1.807) is 48.3 Å². The Balaban J connectivity index is 0.00000242. The number of imidazole rings is 1. The lowest BCUT2D eigenvalue weighted by atomic mass is 10.1. The summed E-state index contributed by atoms with van der Waals surface area (Å²) in [6.45, 7) is 0. The third kappa shape index (κ3) is 4.86. The van der Waals surface area contributed by atoms with Crippen LogP contribution in [-0.2, 0) is 11.8 Å². The number of aryl methyl sites for hydroxylation is 1. The molecule has 2 aromatic rings. The molecule has 0 fully saturated rings. The Hall–Kier alpha value is -1.31. The molecular weight excluding hydrogens is 392 g/mol. The number of rotatable bonds is 6. The number of hydrogen-bond acceptors (Lipinski definition) is 4. The van der Waals surface area contributed by atoms with Crippen molar-refractivity contribution in [2.24, 2.45) is 7.05 Å². The van der Waals surface area contributed by atoms with Gasteiger partial charge in [0.15, 0.2) is 10.9 Å². The molecule has 0 aliphatic heterocycles. The number of carbonyl (C=O) groups is 2. The van der Waals surface area contributed by atoms with Gasteiger partial charge in [-0.2, -0.15) is 0 Å². The summed E-state index contributed by atoms with van der Waals surface area (Å²) in [5, 5.41) is 9.40. The van der Waals surface area contributed by atoms with E-state index < -0.39 is 11.2 Å². The smallest absolute Gasteiger partial charge is 0.304 e. The summed E-state index contributed by atoms with van der Waals surface area (Å²) in [7, 11) is 1.79. The van der Waals surface area contributed by atoms with Crippen molar-refractivity contribution in [2.45, 2.75) is 16.8 Å². The van der Waals surface area contributed by atoms with E-state index in [4.69, 9.17) is 16.7 Å². The van der Waals surface area contributed by atoms with Gasteiger partial charge in [0.2, 0.25) is 0 Å². The van der Waals surface area contributed by atoms with Crippen molar-refractivity contribution in [3.05, 3.63) is 47.2 Å². The number of aromatic nitrogens is 2. The van der Waals surface area contributed by atoms with Crippen LogP contribution in [0.25, 0.3) is 0 Å². The molecule has 1 aromatic carbocycles. The zero-order valence-corrected chi connectivity index (χ0v) is 14.9. The number of aliphatic carboxylic acids is 1. The third-order valence-corrected chi connectivity index (χ3v) is 4.33. The van der Waals surface area contributed by atoms with Gasteiger partial charge in [0, 0.05) is 30.0 Å². The van der Waals surface area contributed by atoms with Crippen LogP contribution < -0.4 is 0 Å². The molecule has 8 heteroatoms. The summed E-state index contributed by atoms with van der Waals surface area (Å²) in [6, 6.07) is 6.41. The Kier molecular flexibility index (Phi) is 7.12. The Labute approximate surface area is 147 Å². The van der Waals surface area contributed by atoms with E-state index in [0.29, 0.717) is 15.7 Å². The number of ketones is 1. The summed E-state index contributed by atoms with van der Waals surface area (Å²) >= 11 is 6.94. The predicted octanol–water partition coefficient (Wildman–Crippen LogP) is 3.47. The number of thioether (sulfide) groups is 1. The van der Waals surface area contributed by atoms with Crippen molar-refractivity contribution in [3.63, 3.8) is 0 Å². The molecule has 22 heavy (non-hydrogen) atoms. The first kappa shape index (κ1) is 18.7. The molecule has 2 rings (SSSR count). The lowest BCUT2D eigenvalue weighted by molar-refractivity contribution is -0.136. The fourth-order valence-electron chi connectivity index (χ4n) is 1.74. The quantitative estimate of drug-likeness (QED) is 0.588. The van der Waals surface area contributed by atoms with Crippen LogP contribution in [0.1, 0.15) is 16.8 Å². The maximum Gasteiger partial charge on any atom is 0.304 e. The maximum atomic E-state index is 12.5. The molecule has 1 unspecified atom stereocenters. The minimum Gasteiger partial charge on any atom is -0.481 e. The number of carboxylic acids is 1. The molecule has 1 atom stereocenters. The lowest BCUT2D eigenvalue weighted by Gasteiger charge is -2.13. The molecule has 0 bridgehead atoms. The molecule has 0 aliphatic carbocycles. The van der Waals surface area contributed by atoms with Gasteiger partial charge in [-0.15, -0.1) is 17.0 Å². The van der Waals surface area contributed by atoms with Gasteiger partial charge in [0.1, 0.15) is 0 Å². The Bertz CT molecular complexity index is 660. The van der Waals surface area contributed by atoms with Crippen LogP contribution in [0.5, 0.6) is 0 Å². The van der Waals surface area contributed by atoms with Crippen molar-refractivity contribution in [2.75, 3.05) is 0 Å².